The first-order valence-corrected chi connectivity index (χ1v) is 7.96. The molecule has 0 aromatic rings. The van der Waals surface area contributed by atoms with E-state index in [1.165, 1.54) is 12.8 Å². The molecule has 0 heterocycles. The Kier molecular flexibility index (Phi) is 17.3. The maximum atomic E-state index is 8.25. The zero-order valence-corrected chi connectivity index (χ0v) is 12.6. The van der Waals surface area contributed by atoms with Crippen LogP contribution in [0.25, 0.3) is 0 Å². The van der Waals surface area contributed by atoms with Gasteiger partial charge in [-0.1, -0.05) is 19.8 Å². The fourth-order valence-corrected chi connectivity index (χ4v) is 2.87. The summed E-state index contributed by atoms with van der Waals surface area (Å²) in [6.07, 6.45) is 2.12. The summed E-state index contributed by atoms with van der Waals surface area (Å²) in [4.78, 5) is 0. The minimum absolute atomic E-state index is 0.366. The molecule has 0 saturated heterocycles. The standard InChI is InChI=1S/C8H20O2Si.C3H9NO/c1-4-7-8-11(9-5-2)10-6-3;1-3(5)4-2/h11H,4-8H2,1-3H3;3-5H,1-2H3. The Labute approximate surface area is 102 Å². The van der Waals surface area contributed by atoms with Crippen molar-refractivity contribution in [3.8, 4) is 0 Å². The van der Waals surface area contributed by atoms with Gasteiger partial charge >= 0.3 is 9.28 Å². The lowest BCUT2D eigenvalue weighted by atomic mass is 10.4. The summed E-state index contributed by atoms with van der Waals surface area (Å²) in [5, 5.41) is 10.8. The van der Waals surface area contributed by atoms with Gasteiger partial charge in [0.15, 0.2) is 0 Å². The summed E-state index contributed by atoms with van der Waals surface area (Å²) < 4.78 is 11.0. The van der Waals surface area contributed by atoms with Crippen LogP contribution in [0.15, 0.2) is 0 Å². The van der Waals surface area contributed by atoms with E-state index in [9.17, 15) is 0 Å². The van der Waals surface area contributed by atoms with Crippen LogP contribution in [0.2, 0.25) is 6.04 Å². The Morgan fingerprint density at radius 3 is 1.88 bits per heavy atom. The molecule has 100 valence electrons. The van der Waals surface area contributed by atoms with Crippen LogP contribution in [-0.4, -0.2) is 40.9 Å². The normalized spacial score (nSPS) is 12.2. The first-order chi connectivity index (χ1) is 7.62. The zero-order chi connectivity index (χ0) is 12.8. The molecule has 0 aromatic heterocycles. The van der Waals surface area contributed by atoms with Gasteiger partial charge in [-0.25, -0.2) is 0 Å². The minimum atomic E-state index is -1.25. The first-order valence-electron chi connectivity index (χ1n) is 6.20. The highest BCUT2D eigenvalue weighted by Gasteiger charge is 2.09. The van der Waals surface area contributed by atoms with Gasteiger partial charge in [0.25, 0.3) is 0 Å². The van der Waals surface area contributed by atoms with E-state index in [0.29, 0.717) is 0 Å². The zero-order valence-electron chi connectivity index (χ0n) is 11.5. The minimum Gasteiger partial charge on any atom is -0.397 e. The molecule has 0 bridgehead atoms. The third-order valence-corrected chi connectivity index (χ3v) is 4.21. The van der Waals surface area contributed by atoms with Crippen molar-refractivity contribution in [3.05, 3.63) is 0 Å². The topological polar surface area (TPSA) is 50.7 Å². The molecule has 5 heteroatoms. The SMILES string of the molecule is CCCC[SiH](OCC)OCC.CNC(C)O. The van der Waals surface area contributed by atoms with Gasteiger partial charge in [-0.05, 0) is 33.9 Å². The second-order valence-corrected chi connectivity index (χ2v) is 5.55. The van der Waals surface area contributed by atoms with Gasteiger partial charge in [0.05, 0.1) is 0 Å². The number of unbranched alkanes of at least 4 members (excludes halogenated alkanes) is 1. The van der Waals surface area contributed by atoms with Crippen molar-refractivity contribution in [2.75, 3.05) is 20.3 Å². The van der Waals surface area contributed by atoms with Crippen LogP contribution in [0, 0.1) is 0 Å². The van der Waals surface area contributed by atoms with Crippen LogP contribution in [0.4, 0.5) is 0 Å². The van der Waals surface area contributed by atoms with Gasteiger partial charge in [0.1, 0.15) is 6.23 Å². The van der Waals surface area contributed by atoms with E-state index in [-0.39, 0.29) is 6.23 Å². The highest BCUT2D eigenvalue weighted by molar-refractivity contribution is 6.44. The summed E-state index contributed by atoms with van der Waals surface area (Å²) in [6, 6.07) is 1.16. The molecular weight excluding hydrogens is 222 g/mol. The Balaban J connectivity index is 0. The molecule has 16 heavy (non-hydrogen) atoms. The molecule has 4 nitrogen and oxygen atoms in total. The van der Waals surface area contributed by atoms with Crippen LogP contribution in [-0.2, 0) is 8.85 Å². The average molecular weight is 251 g/mol. The highest BCUT2D eigenvalue weighted by Crippen LogP contribution is 2.03. The van der Waals surface area contributed by atoms with Crippen LogP contribution in [0.3, 0.4) is 0 Å². The molecule has 0 rings (SSSR count). The van der Waals surface area contributed by atoms with Gasteiger partial charge in [-0.3, -0.25) is 5.32 Å². The number of aliphatic hydroxyl groups is 1. The van der Waals surface area contributed by atoms with E-state index < -0.39 is 9.28 Å². The van der Waals surface area contributed by atoms with E-state index in [1.54, 1.807) is 14.0 Å². The molecule has 1 unspecified atom stereocenters. The summed E-state index contributed by atoms with van der Waals surface area (Å²) in [5.41, 5.74) is 0. The second kappa shape index (κ2) is 15.1. The number of aliphatic hydroxyl groups excluding tert-OH is 1. The number of hydrogen-bond donors (Lipinski definition) is 2. The number of rotatable bonds is 8. The summed E-state index contributed by atoms with van der Waals surface area (Å²) >= 11 is 0. The van der Waals surface area contributed by atoms with E-state index in [0.717, 1.165) is 19.3 Å². The molecule has 0 aliphatic rings. The maximum Gasteiger partial charge on any atom is 0.321 e. The molecule has 0 spiro atoms. The van der Waals surface area contributed by atoms with Crippen LogP contribution >= 0.6 is 0 Å². The fourth-order valence-electron chi connectivity index (χ4n) is 0.957. The van der Waals surface area contributed by atoms with E-state index in [1.807, 2.05) is 13.8 Å². The predicted molar refractivity (Wildman–Crippen MR) is 70.9 cm³/mol. The molecule has 0 amide bonds. The first kappa shape index (κ1) is 18.4. The predicted octanol–water partition coefficient (Wildman–Crippen LogP) is 1.62. The molecule has 0 aliphatic heterocycles. The lowest BCUT2D eigenvalue weighted by Crippen LogP contribution is -2.22. The van der Waals surface area contributed by atoms with Crippen molar-refractivity contribution in [3.63, 3.8) is 0 Å². The fraction of sp³-hybridized carbons (Fsp3) is 1.00. The summed E-state index contributed by atoms with van der Waals surface area (Å²) in [6.45, 7) is 9.54. The Hall–Kier alpha value is 0.0569. The molecule has 0 aromatic carbocycles. The molecular formula is C11H29NO3Si. The third-order valence-electron chi connectivity index (χ3n) is 1.92. The van der Waals surface area contributed by atoms with Crippen molar-refractivity contribution in [2.45, 2.75) is 52.8 Å². The number of hydrogen-bond acceptors (Lipinski definition) is 4. The van der Waals surface area contributed by atoms with Gasteiger partial charge in [-0.2, -0.15) is 0 Å². The summed E-state index contributed by atoms with van der Waals surface area (Å²) in [5.74, 6) is 0. The smallest absolute Gasteiger partial charge is 0.321 e. The quantitative estimate of drug-likeness (QED) is 0.508. The molecule has 2 N–H and O–H groups in total. The van der Waals surface area contributed by atoms with Crippen molar-refractivity contribution >= 4 is 9.28 Å². The Bertz CT molecular complexity index is 120. The lowest BCUT2D eigenvalue weighted by Gasteiger charge is -2.13. The van der Waals surface area contributed by atoms with Crippen molar-refractivity contribution < 1.29 is 14.0 Å². The van der Waals surface area contributed by atoms with Crippen molar-refractivity contribution in [1.29, 1.82) is 0 Å². The van der Waals surface area contributed by atoms with Gasteiger partial charge < -0.3 is 14.0 Å². The molecule has 0 radical (unpaired) electrons. The second-order valence-electron chi connectivity index (χ2n) is 3.45. The van der Waals surface area contributed by atoms with Gasteiger partial charge in [0.2, 0.25) is 0 Å². The summed E-state index contributed by atoms with van der Waals surface area (Å²) in [7, 11) is 0.448. The van der Waals surface area contributed by atoms with Crippen molar-refractivity contribution in [1.82, 2.24) is 5.32 Å². The highest BCUT2D eigenvalue weighted by atomic mass is 28.3. The van der Waals surface area contributed by atoms with Crippen LogP contribution in [0.1, 0.15) is 40.5 Å². The monoisotopic (exact) mass is 251 g/mol. The largest absolute Gasteiger partial charge is 0.397 e. The van der Waals surface area contributed by atoms with Gasteiger partial charge in [-0.15, -0.1) is 0 Å². The van der Waals surface area contributed by atoms with Crippen molar-refractivity contribution in [2.24, 2.45) is 0 Å². The molecule has 0 fully saturated rings. The average Bonchev–Trinajstić information content (AvgIpc) is 2.27. The van der Waals surface area contributed by atoms with Crippen LogP contribution in [0.5, 0.6) is 0 Å². The maximum absolute atomic E-state index is 8.25. The van der Waals surface area contributed by atoms with E-state index in [2.05, 4.69) is 12.2 Å². The molecule has 0 aliphatic carbocycles. The molecule has 0 saturated carbocycles. The Morgan fingerprint density at radius 1 is 1.19 bits per heavy atom. The molecule has 1 atom stereocenters. The van der Waals surface area contributed by atoms with Crippen LogP contribution < -0.4 is 5.32 Å². The van der Waals surface area contributed by atoms with E-state index in [4.69, 9.17) is 14.0 Å². The number of nitrogens with one attached hydrogen (secondary N) is 1. The van der Waals surface area contributed by atoms with Gasteiger partial charge in [0, 0.05) is 13.2 Å². The van der Waals surface area contributed by atoms with E-state index >= 15 is 0 Å². The Morgan fingerprint density at radius 2 is 1.62 bits per heavy atom. The lowest BCUT2D eigenvalue weighted by molar-refractivity contribution is 0.167. The third kappa shape index (κ3) is 16.5.